The van der Waals surface area contributed by atoms with Crippen LogP contribution in [0.25, 0.3) is 0 Å². The average molecular weight is 324 g/mol. The number of hydrogen-bond donors (Lipinski definition) is 3. The summed E-state index contributed by atoms with van der Waals surface area (Å²) in [6.45, 7) is 2.41. The highest BCUT2D eigenvalue weighted by molar-refractivity contribution is 5.80. The number of carbonyl (C=O) groups is 1. The van der Waals surface area contributed by atoms with Crippen LogP contribution in [0, 0.1) is 5.92 Å². The van der Waals surface area contributed by atoms with Crippen molar-refractivity contribution in [2.45, 2.75) is 57.0 Å². The van der Waals surface area contributed by atoms with Gasteiger partial charge in [-0.3, -0.25) is 9.79 Å². The van der Waals surface area contributed by atoms with Gasteiger partial charge in [-0.25, -0.2) is 0 Å². The molecular formula is C17H32N4O2. The van der Waals surface area contributed by atoms with Crippen LogP contribution in [0.2, 0.25) is 0 Å². The Balaban J connectivity index is 1.77. The molecule has 0 atom stereocenters. The number of nitrogens with one attached hydrogen (secondary N) is 2. The van der Waals surface area contributed by atoms with Gasteiger partial charge >= 0.3 is 0 Å². The quantitative estimate of drug-likeness (QED) is 0.535. The summed E-state index contributed by atoms with van der Waals surface area (Å²) < 4.78 is 0. The lowest BCUT2D eigenvalue weighted by molar-refractivity contribution is -0.121. The maximum absolute atomic E-state index is 11.5. The highest BCUT2D eigenvalue weighted by Crippen LogP contribution is 2.27. The molecule has 2 aliphatic rings. The Bertz CT molecular complexity index is 411. The zero-order valence-electron chi connectivity index (χ0n) is 14.6. The lowest BCUT2D eigenvalue weighted by atomic mass is 9.85. The Morgan fingerprint density at radius 3 is 2.48 bits per heavy atom. The van der Waals surface area contributed by atoms with Crippen molar-refractivity contribution in [1.29, 1.82) is 0 Å². The van der Waals surface area contributed by atoms with Gasteiger partial charge in [0.15, 0.2) is 5.96 Å². The number of rotatable bonds is 4. The summed E-state index contributed by atoms with van der Waals surface area (Å²) in [5.41, 5.74) is -0.578. The van der Waals surface area contributed by atoms with Gasteiger partial charge in [0.1, 0.15) is 0 Å². The summed E-state index contributed by atoms with van der Waals surface area (Å²) in [5.74, 6) is 1.47. The molecule has 0 aromatic rings. The minimum absolute atomic E-state index is 0.130. The van der Waals surface area contributed by atoms with Crippen molar-refractivity contribution in [3.8, 4) is 0 Å². The van der Waals surface area contributed by atoms with E-state index >= 15 is 0 Å². The van der Waals surface area contributed by atoms with Crippen molar-refractivity contribution >= 4 is 11.9 Å². The zero-order valence-corrected chi connectivity index (χ0v) is 14.6. The predicted octanol–water partition coefficient (Wildman–Crippen LogP) is 1.11. The lowest BCUT2D eigenvalue weighted by Gasteiger charge is -2.37. The van der Waals surface area contributed by atoms with Gasteiger partial charge < -0.3 is 20.6 Å². The van der Waals surface area contributed by atoms with Gasteiger partial charge in [0, 0.05) is 40.2 Å². The number of piperidine rings is 1. The number of likely N-dealkylation sites (tertiary alicyclic amines) is 1. The second-order valence-corrected chi connectivity index (χ2v) is 6.99. The van der Waals surface area contributed by atoms with E-state index in [1.165, 1.54) is 6.42 Å². The van der Waals surface area contributed by atoms with E-state index in [2.05, 4.69) is 20.5 Å². The van der Waals surface area contributed by atoms with E-state index in [9.17, 15) is 9.90 Å². The van der Waals surface area contributed by atoms with E-state index in [4.69, 9.17) is 0 Å². The third-order valence-corrected chi connectivity index (χ3v) is 5.24. The molecule has 6 nitrogen and oxygen atoms in total. The standard InChI is InChI=1S/C17H32N4O2/c1-18-15(22)12-14-6-10-21(11-7-14)16(19-2)20-13-17(23)8-4-3-5-9-17/h14,23H,3-13H2,1-2H3,(H,18,22)(H,19,20). The predicted molar refractivity (Wildman–Crippen MR) is 92.4 cm³/mol. The number of guanidine groups is 1. The molecule has 2 rings (SSSR count). The monoisotopic (exact) mass is 324 g/mol. The van der Waals surface area contributed by atoms with Gasteiger partial charge in [0.25, 0.3) is 0 Å². The van der Waals surface area contributed by atoms with Crippen LogP contribution in [0.15, 0.2) is 4.99 Å². The molecule has 0 unspecified atom stereocenters. The van der Waals surface area contributed by atoms with Crippen molar-refractivity contribution in [3.05, 3.63) is 0 Å². The highest BCUT2D eigenvalue weighted by Gasteiger charge is 2.30. The van der Waals surface area contributed by atoms with E-state index in [0.29, 0.717) is 18.9 Å². The fourth-order valence-corrected chi connectivity index (χ4v) is 3.68. The fourth-order valence-electron chi connectivity index (χ4n) is 3.68. The molecule has 0 bridgehead atoms. The maximum Gasteiger partial charge on any atom is 0.220 e. The minimum Gasteiger partial charge on any atom is -0.388 e. The molecule has 6 heteroatoms. The summed E-state index contributed by atoms with van der Waals surface area (Å²) in [5, 5.41) is 16.7. The second kappa shape index (κ2) is 8.52. The molecule has 1 aliphatic carbocycles. The van der Waals surface area contributed by atoms with Crippen molar-refractivity contribution in [2.24, 2.45) is 10.9 Å². The number of hydrogen-bond acceptors (Lipinski definition) is 3. The topological polar surface area (TPSA) is 77.0 Å². The van der Waals surface area contributed by atoms with Gasteiger partial charge in [-0.2, -0.15) is 0 Å². The molecule has 1 saturated carbocycles. The second-order valence-electron chi connectivity index (χ2n) is 6.99. The summed E-state index contributed by atoms with van der Waals surface area (Å²) in [7, 11) is 3.49. The molecule has 0 radical (unpaired) electrons. The average Bonchev–Trinajstić information content (AvgIpc) is 2.57. The van der Waals surface area contributed by atoms with Gasteiger partial charge in [0.2, 0.25) is 5.91 Å². The first-order valence-electron chi connectivity index (χ1n) is 8.95. The summed E-state index contributed by atoms with van der Waals surface area (Å²) in [6.07, 6.45) is 7.86. The van der Waals surface area contributed by atoms with Crippen LogP contribution in [-0.2, 0) is 4.79 Å². The molecule has 0 aromatic carbocycles. The van der Waals surface area contributed by atoms with Crippen LogP contribution >= 0.6 is 0 Å². The molecule has 1 saturated heterocycles. The maximum atomic E-state index is 11.5. The summed E-state index contributed by atoms with van der Waals surface area (Å²) in [4.78, 5) is 18.1. The largest absolute Gasteiger partial charge is 0.388 e. The fraction of sp³-hybridized carbons (Fsp3) is 0.882. The number of nitrogens with zero attached hydrogens (tertiary/aromatic N) is 2. The Hall–Kier alpha value is -1.30. The van der Waals surface area contributed by atoms with Crippen molar-refractivity contribution in [2.75, 3.05) is 33.7 Å². The van der Waals surface area contributed by atoms with Crippen molar-refractivity contribution in [1.82, 2.24) is 15.5 Å². The SMILES string of the molecule is CN=C(NCC1(O)CCCCC1)N1CCC(CC(=O)NC)CC1. The smallest absolute Gasteiger partial charge is 0.220 e. The number of aliphatic imine (C=N–C) groups is 1. The first-order chi connectivity index (χ1) is 11.1. The van der Waals surface area contributed by atoms with Gasteiger partial charge in [-0.1, -0.05) is 19.3 Å². The van der Waals surface area contributed by atoms with E-state index < -0.39 is 5.60 Å². The van der Waals surface area contributed by atoms with Crippen LogP contribution in [0.5, 0.6) is 0 Å². The van der Waals surface area contributed by atoms with Crippen molar-refractivity contribution in [3.63, 3.8) is 0 Å². The van der Waals surface area contributed by atoms with Crippen LogP contribution in [-0.4, -0.2) is 61.2 Å². The Morgan fingerprint density at radius 2 is 1.91 bits per heavy atom. The van der Waals surface area contributed by atoms with Crippen LogP contribution < -0.4 is 10.6 Å². The molecule has 1 aliphatic heterocycles. The number of aliphatic hydroxyl groups is 1. The molecule has 1 heterocycles. The van der Waals surface area contributed by atoms with E-state index in [1.54, 1.807) is 14.1 Å². The zero-order chi connectivity index (χ0) is 16.7. The molecule has 0 aromatic heterocycles. The van der Waals surface area contributed by atoms with Crippen LogP contribution in [0.4, 0.5) is 0 Å². The Kier molecular flexibility index (Phi) is 6.69. The van der Waals surface area contributed by atoms with Gasteiger partial charge in [0.05, 0.1) is 5.60 Å². The third-order valence-electron chi connectivity index (χ3n) is 5.24. The molecule has 23 heavy (non-hydrogen) atoms. The molecule has 3 N–H and O–H groups in total. The summed E-state index contributed by atoms with van der Waals surface area (Å²) >= 11 is 0. The van der Waals surface area contributed by atoms with Crippen LogP contribution in [0.3, 0.4) is 0 Å². The first kappa shape index (κ1) is 18.0. The van der Waals surface area contributed by atoms with Crippen molar-refractivity contribution < 1.29 is 9.90 Å². The third kappa shape index (κ3) is 5.37. The van der Waals surface area contributed by atoms with Gasteiger partial charge in [-0.05, 0) is 31.6 Å². The van der Waals surface area contributed by atoms with E-state index in [1.807, 2.05) is 0 Å². The lowest BCUT2D eigenvalue weighted by Crippen LogP contribution is -2.51. The van der Waals surface area contributed by atoms with Gasteiger partial charge in [-0.15, -0.1) is 0 Å². The normalized spacial score (nSPS) is 22.7. The molecular weight excluding hydrogens is 292 g/mol. The minimum atomic E-state index is -0.578. The highest BCUT2D eigenvalue weighted by atomic mass is 16.3. The Morgan fingerprint density at radius 1 is 1.26 bits per heavy atom. The molecule has 0 spiro atoms. The number of carbonyl (C=O) groups excluding carboxylic acids is 1. The Labute approximate surface area is 139 Å². The molecule has 2 fully saturated rings. The van der Waals surface area contributed by atoms with E-state index in [0.717, 1.165) is 57.6 Å². The molecule has 132 valence electrons. The number of amides is 1. The van der Waals surface area contributed by atoms with Crippen LogP contribution in [0.1, 0.15) is 51.4 Å². The summed E-state index contributed by atoms with van der Waals surface area (Å²) in [6, 6.07) is 0. The van der Waals surface area contributed by atoms with E-state index in [-0.39, 0.29) is 5.91 Å². The molecule has 1 amide bonds. The first-order valence-corrected chi connectivity index (χ1v) is 8.95.